The van der Waals surface area contributed by atoms with Gasteiger partial charge in [0.05, 0.1) is 6.61 Å². The molecule has 0 saturated carbocycles. The SMILES string of the molecule is CCOc1ccc(-c2nc(C(=O)N[C@@H](C)CN)cs2)cc1. The third kappa shape index (κ3) is 4.03. The Labute approximate surface area is 128 Å². The monoisotopic (exact) mass is 305 g/mol. The summed E-state index contributed by atoms with van der Waals surface area (Å²) < 4.78 is 5.40. The molecule has 0 fully saturated rings. The van der Waals surface area contributed by atoms with Gasteiger partial charge in [0.25, 0.3) is 5.91 Å². The topological polar surface area (TPSA) is 77.2 Å². The van der Waals surface area contributed by atoms with Gasteiger partial charge in [0, 0.05) is 23.5 Å². The number of aromatic nitrogens is 1. The molecule has 0 spiro atoms. The van der Waals surface area contributed by atoms with Crippen molar-refractivity contribution in [3.63, 3.8) is 0 Å². The van der Waals surface area contributed by atoms with Gasteiger partial charge in [-0.2, -0.15) is 0 Å². The Morgan fingerprint density at radius 2 is 2.14 bits per heavy atom. The summed E-state index contributed by atoms with van der Waals surface area (Å²) in [5, 5.41) is 5.36. The lowest BCUT2D eigenvalue weighted by Crippen LogP contribution is -2.37. The Bertz CT molecular complexity index is 595. The number of hydrogen-bond acceptors (Lipinski definition) is 5. The van der Waals surface area contributed by atoms with Crippen LogP contribution in [0.25, 0.3) is 10.6 Å². The smallest absolute Gasteiger partial charge is 0.271 e. The highest BCUT2D eigenvalue weighted by Gasteiger charge is 2.13. The Morgan fingerprint density at radius 3 is 2.76 bits per heavy atom. The van der Waals surface area contributed by atoms with E-state index in [0.717, 1.165) is 16.3 Å². The molecule has 6 heteroatoms. The maximum absolute atomic E-state index is 12.0. The van der Waals surface area contributed by atoms with E-state index in [1.165, 1.54) is 11.3 Å². The van der Waals surface area contributed by atoms with Crippen molar-refractivity contribution in [1.82, 2.24) is 10.3 Å². The van der Waals surface area contributed by atoms with Gasteiger partial charge in [-0.3, -0.25) is 4.79 Å². The molecule has 2 aromatic rings. The third-order valence-corrected chi connectivity index (χ3v) is 3.77. The highest BCUT2D eigenvalue weighted by atomic mass is 32.1. The van der Waals surface area contributed by atoms with Crippen LogP contribution in [0.5, 0.6) is 5.75 Å². The highest BCUT2D eigenvalue weighted by Crippen LogP contribution is 2.25. The lowest BCUT2D eigenvalue weighted by atomic mass is 10.2. The van der Waals surface area contributed by atoms with Crippen LogP contribution in [0.2, 0.25) is 0 Å². The first-order valence-corrected chi connectivity index (χ1v) is 7.71. The first kappa shape index (κ1) is 15.5. The molecule has 112 valence electrons. The number of nitrogens with one attached hydrogen (secondary N) is 1. The average molecular weight is 305 g/mol. The first-order valence-electron chi connectivity index (χ1n) is 6.83. The van der Waals surface area contributed by atoms with Crippen molar-refractivity contribution in [2.24, 2.45) is 5.73 Å². The zero-order chi connectivity index (χ0) is 15.2. The Morgan fingerprint density at radius 1 is 1.43 bits per heavy atom. The van der Waals surface area contributed by atoms with Crippen LogP contribution in [0.15, 0.2) is 29.6 Å². The Hall–Kier alpha value is -1.92. The largest absolute Gasteiger partial charge is 0.494 e. The van der Waals surface area contributed by atoms with Gasteiger partial charge in [-0.15, -0.1) is 11.3 Å². The van der Waals surface area contributed by atoms with Crippen LogP contribution in [-0.2, 0) is 0 Å². The van der Waals surface area contributed by atoms with E-state index in [1.807, 2.05) is 38.1 Å². The lowest BCUT2D eigenvalue weighted by Gasteiger charge is -2.09. The summed E-state index contributed by atoms with van der Waals surface area (Å²) in [4.78, 5) is 16.3. The molecule has 0 radical (unpaired) electrons. The molecule has 1 amide bonds. The van der Waals surface area contributed by atoms with Gasteiger partial charge < -0.3 is 15.8 Å². The standard InChI is InChI=1S/C15H19N3O2S/c1-3-20-12-6-4-11(5-7-12)15-18-13(9-21-15)14(19)17-10(2)8-16/h4-7,9-10H,3,8,16H2,1-2H3,(H,17,19)/t10-/m0/s1. The minimum absolute atomic E-state index is 0.0619. The molecule has 0 bridgehead atoms. The van der Waals surface area contributed by atoms with Crippen molar-refractivity contribution < 1.29 is 9.53 Å². The number of nitrogens with two attached hydrogens (primary N) is 1. The second-order valence-corrected chi connectivity index (χ2v) is 5.46. The zero-order valence-corrected chi connectivity index (χ0v) is 12.9. The van der Waals surface area contributed by atoms with Crippen LogP contribution < -0.4 is 15.8 Å². The lowest BCUT2D eigenvalue weighted by molar-refractivity contribution is 0.0937. The number of hydrogen-bond donors (Lipinski definition) is 2. The summed E-state index contributed by atoms with van der Waals surface area (Å²) in [7, 11) is 0. The second-order valence-electron chi connectivity index (χ2n) is 4.61. The summed E-state index contributed by atoms with van der Waals surface area (Å²) in [6.45, 7) is 4.85. The van der Waals surface area contributed by atoms with Crippen molar-refractivity contribution in [2.75, 3.05) is 13.2 Å². The van der Waals surface area contributed by atoms with Gasteiger partial charge >= 0.3 is 0 Å². The van der Waals surface area contributed by atoms with E-state index < -0.39 is 0 Å². The van der Waals surface area contributed by atoms with Crippen molar-refractivity contribution >= 4 is 17.2 Å². The third-order valence-electron chi connectivity index (χ3n) is 2.88. The molecule has 1 heterocycles. The normalized spacial score (nSPS) is 12.0. The van der Waals surface area contributed by atoms with E-state index in [9.17, 15) is 4.79 Å². The van der Waals surface area contributed by atoms with Gasteiger partial charge in [0.1, 0.15) is 16.5 Å². The number of ether oxygens (including phenoxy) is 1. The van der Waals surface area contributed by atoms with E-state index in [1.54, 1.807) is 5.38 Å². The van der Waals surface area contributed by atoms with Crippen LogP contribution in [0, 0.1) is 0 Å². The summed E-state index contributed by atoms with van der Waals surface area (Å²) in [5.41, 5.74) is 6.88. The summed E-state index contributed by atoms with van der Waals surface area (Å²) in [5.74, 6) is 0.633. The second kappa shape index (κ2) is 7.19. The van der Waals surface area contributed by atoms with Gasteiger partial charge in [-0.25, -0.2) is 4.98 Å². The molecular formula is C15H19N3O2S. The molecule has 1 aromatic carbocycles. The molecule has 1 aromatic heterocycles. The molecule has 2 rings (SSSR count). The first-order chi connectivity index (χ1) is 10.1. The molecule has 0 aliphatic heterocycles. The maximum Gasteiger partial charge on any atom is 0.271 e. The number of carbonyl (C=O) groups excluding carboxylic acids is 1. The number of rotatable bonds is 6. The molecule has 0 saturated heterocycles. The van der Waals surface area contributed by atoms with Gasteiger partial charge in [-0.1, -0.05) is 0 Å². The molecule has 1 atom stereocenters. The number of carbonyl (C=O) groups is 1. The highest BCUT2D eigenvalue weighted by molar-refractivity contribution is 7.13. The van der Waals surface area contributed by atoms with Gasteiger partial charge in [0.15, 0.2) is 0 Å². The van der Waals surface area contributed by atoms with E-state index in [4.69, 9.17) is 10.5 Å². The van der Waals surface area contributed by atoms with E-state index >= 15 is 0 Å². The maximum atomic E-state index is 12.0. The fourth-order valence-corrected chi connectivity index (χ4v) is 2.53. The van der Waals surface area contributed by atoms with Crippen molar-refractivity contribution in [1.29, 1.82) is 0 Å². The Kier molecular flexibility index (Phi) is 5.30. The summed E-state index contributed by atoms with van der Waals surface area (Å²) >= 11 is 1.44. The quantitative estimate of drug-likeness (QED) is 0.858. The van der Waals surface area contributed by atoms with Crippen molar-refractivity contribution in [2.45, 2.75) is 19.9 Å². The minimum atomic E-state index is -0.193. The molecule has 3 N–H and O–H groups in total. The Balaban J connectivity index is 2.10. The molecular weight excluding hydrogens is 286 g/mol. The number of benzene rings is 1. The number of thiazole rings is 1. The number of nitrogens with zero attached hydrogens (tertiary/aromatic N) is 1. The molecule has 0 aliphatic carbocycles. The molecule has 0 unspecified atom stereocenters. The fraction of sp³-hybridized carbons (Fsp3) is 0.333. The van der Waals surface area contributed by atoms with Crippen LogP contribution >= 0.6 is 11.3 Å². The molecule has 0 aliphatic rings. The number of amides is 1. The van der Waals surface area contributed by atoms with Crippen LogP contribution in [-0.4, -0.2) is 30.1 Å². The van der Waals surface area contributed by atoms with Crippen molar-refractivity contribution in [3.05, 3.63) is 35.3 Å². The van der Waals surface area contributed by atoms with Crippen LogP contribution in [0.3, 0.4) is 0 Å². The summed E-state index contributed by atoms with van der Waals surface area (Å²) in [6.07, 6.45) is 0. The zero-order valence-electron chi connectivity index (χ0n) is 12.1. The van der Waals surface area contributed by atoms with E-state index in [0.29, 0.717) is 18.8 Å². The predicted molar refractivity (Wildman–Crippen MR) is 84.7 cm³/mol. The summed E-state index contributed by atoms with van der Waals surface area (Å²) in [6, 6.07) is 7.61. The van der Waals surface area contributed by atoms with Gasteiger partial charge in [0.2, 0.25) is 0 Å². The van der Waals surface area contributed by atoms with E-state index in [2.05, 4.69) is 10.3 Å². The van der Waals surface area contributed by atoms with Gasteiger partial charge in [-0.05, 0) is 38.1 Å². The molecule has 5 nitrogen and oxygen atoms in total. The van der Waals surface area contributed by atoms with Crippen LogP contribution in [0.4, 0.5) is 0 Å². The predicted octanol–water partition coefficient (Wildman–Crippen LogP) is 2.29. The van der Waals surface area contributed by atoms with Crippen LogP contribution in [0.1, 0.15) is 24.3 Å². The van der Waals surface area contributed by atoms with E-state index in [-0.39, 0.29) is 11.9 Å². The minimum Gasteiger partial charge on any atom is -0.494 e. The average Bonchev–Trinajstić information content (AvgIpc) is 2.98. The fourth-order valence-electron chi connectivity index (χ4n) is 1.73. The molecule has 21 heavy (non-hydrogen) atoms. The van der Waals surface area contributed by atoms with Crippen molar-refractivity contribution in [3.8, 4) is 16.3 Å².